The van der Waals surface area contributed by atoms with E-state index in [2.05, 4.69) is 10.6 Å². The van der Waals surface area contributed by atoms with Gasteiger partial charge in [-0.05, 0) is 49.2 Å². The zero-order chi connectivity index (χ0) is 19.8. The van der Waals surface area contributed by atoms with Crippen molar-refractivity contribution in [2.24, 2.45) is 0 Å². The molecule has 0 bridgehead atoms. The van der Waals surface area contributed by atoms with E-state index in [0.29, 0.717) is 18.7 Å². The van der Waals surface area contributed by atoms with Gasteiger partial charge in [0.2, 0.25) is 5.91 Å². The van der Waals surface area contributed by atoms with Crippen molar-refractivity contribution in [3.05, 3.63) is 65.5 Å². The highest BCUT2D eigenvalue weighted by molar-refractivity contribution is 5.95. The first-order valence-electron chi connectivity index (χ1n) is 8.46. The van der Waals surface area contributed by atoms with Crippen molar-refractivity contribution in [1.82, 2.24) is 5.32 Å². The SMILES string of the molecule is CC(=O)Nc1cccc(C(=O)O[C@H](C)C(=O)NCCc2ccc(F)cc2)c1. The van der Waals surface area contributed by atoms with Crippen LogP contribution in [0.4, 0.5) is 10.1 Å². The first-order valence-corrected chi connectivity index (χ1v) is 8.46. The summed E-state index contributed by atoms with van der Waals surface area (Å²) in [6.45, 7) is 3.18. The standard InChI is InChI=1S/C20H21FN2O4/c1-13(19(25)22-11-10-15-6-8-17(21)9-7-15)27-20(26)16-4-3-5-18(12-16)23-14(2)24/h3-9,12-13H,10-11H2,1-2H3,(H,22,25)(H,23,24)/t13-/m1/s1. The molecule has 0 heterocycles. The second-order valence-corrected chi connectivity index (χ2v) is 5.98. The number of carbonyl (C=O) groups excluding carboxylic acids is 3. The zero-order valence-corrected chi connectivity index (χ0v) is 15.1. The van der Waals surface area contributed by atoms with Crippen LogP contribution in [0.25, 0.3) is 0 Å². The molecule has 27 heavy (non-hydrogen) atoms. The lowest BCUT2D eigenvalue weighted by Crippen LogP contribution is -2.36. The summed E-state index contributed by atoms with van der Waals surface area (Å²) in [5.74, 6) is -1.66. The summed E-state index contributed by atoms with van der Waals surface area (Å²) in [6.07, 6.45) is -0.444. The Morgan fingerprint density at radius 1 is 1.11 bits per heavy atom. The average Bonchev–Trinajstić information content (AvgIpc) is 2.62. The number of amides is 2. The van der Waals surface area contributed by atoms with Crippen LogP contribution in [0.2, 0.25) is 0 Å². The van der Waals surface area contributed by atoms with Crippen molar-refractivity contribution >= 4 is 23.5 Å². The molecule has 7 heteroatoms. The van der Waals surface area contributed by atoms with E-state index in [4.69, 9.17) is 4.74 Å². The Hall–Kier alpha value is -3.22. The summed E-state index contributed by atoms with van der Waals surface area (Å²) in [4.78, 5) is 35.3. The average molecular weight is 372 g/mol. The lowest BCUT2D eigenvalue weighted by atomic mass is 10.1. The molecule has 0 spiro atoms. The number of carbonyl (C=O) groups is 3. The van der Waals surface area contributed by atoms with Gasteiger partial charge in [-0.1, -0.05) is 18.2 Å². The van der Waals surface area contributed by atoms with Gasteiger partial charge >= 0.3 is 5.97 Å². The molecule has 6 nitrogen and oxygen atoms in total. The highest BCUT2D eigenvalue weighted by atomic mass is 19.1. The van der Waals surface area contributed by atoms with Gasteiger partial charge < -0.3 is 15.4 Å². The maximum absolute atomic E-state index is 12.9. The van der Waals surface area contributed by atoms with Gasteiger partial charge in [-0.15, -0.1) is 0 Å². The first-order chi connectivity index (χ1) is 12.8. The third-order valence-electron chi connectivity index (χ3n) is 3.70. The zero-order valence-electron chi connectivity index (χ0n) is 15.1. The molecule has 0 aliphatic carbocycles. The third kappa shape index (κ3) is 6.54. The summed E-state index contributed by atoms with van der Waals surface area (Å²) in [7, 11) is 0. The topological polar surface area (TPSA) is 84.5 Å². The van der Waals surface area contributed by atoms with E-state index in [1.807, 2.05) is 0 Å². The number of esters is 1. The van der Waals surface area contributed by atoms with Crippen LogP contribution in [-0.2, 0) is 20.7 Å². The second-order valence-electron chi connectivity index (χ2n) is 5.98. The van der Waals surface area contributed by atoms with Crippen molar-refractivity contribution in [1.29, 1.82) is 0 Å². The number of rotatable bonds is 7. The predicted octanol–water partition coefficient (Wildman–Crippen LogP) is 2.69. The van der Waals surface area contributed by atoms with Gasteiger partial charge in [0, 0.05) is 19.2 Å². The molecule has 2 aromatic carbocycles. The lowest BCUT2D eigenvalue weighted by Gasteiger charge is -2.14. The Labute approximate surface area is 156 Å². The van der Waals surface area contributed by atoms with E-state index in [1.165, 1.54) is 38.1 Å². The van der Waals surface area contributed by atoms with Gasteiger partial charge in [-0.3, -0.25) is 9.59 Å². The summed E-state index contributed by atoms with van der Waals surface area (Å²) in [6, 6.07) is 12.3. The van der Waals surface area contributed by atoms with Gasteiger partial charge in [0.1, 0.15) is 5.82 Å². The summed E-state index contributed by atoms with van der Waals surface area (Å²) in [5, 5.41) is 5.25. The molecule has 0 saturated heterocycles. The Morgan fingerprint density at radius 2 is 1.81 bits per heavy atom. The fraction of sp³-hybridized carbons (Fsp3) is 0.250. The largest absolute Gasteiger partial charge is 0.449 e. The molecule has 0 fully saturated rings. The smallest absolute Gasteiger partial charge is 0.338 e. The summed E-state index contributed by atoms with van der Waals surface area (Å²) >= 11 is 0. The quantitative estimate of drug-likeness (QED) is 0.732. The number of hydrogen-bond donors (Lipinski definition) is 2. The molecule has 0 saturated carbocycles. The number of nitrogens with one attached hydrogen (secondary N) is 2. The molecule has 0 aliphatic heterocycles. The second kappa shape index (κ2) is 9.47. The van der Waals surface area contributed by atoms with E-state index in [0.717, 1.165) is 5.56 Å². The minimum Gasteiger partial charge on any atom is -0.449 e. The minimum atomic E-state index is -0.977. The van der Waals surface area contributed by atoms with Gasteiger partial charge in [-0.2, -0.15) is 0 Å². The molecule has 2 rings (SSSR count). The van der Waals surface area contributed by atoms with Gasteiger partial charge in [-0.25, -0.2) is 9.18 Å². The van der Waals surface area contributed by atoms with E-state index >= 15 is 0 Å². The van der Waals surface area contributed by atoms with Gasteiger partial charge in [0.15, 0.2) is 6.10 Å². The van der Waals surface area contributed by atoms with Crippen molar-refractivity contribution in [3.8, 4) is 0 Å². The Balaban J connectivity index is 1.83. The highest BCUT2D eigenvalue weighted by Gasteiger charge is 2.18. The lowest BCUT2D eigenvalue weighted by molar-refractivity contribution is -0.129. The molecular weight excluding hydrogens is 351 g/mol. The first kappa shape index (κ1) is 20.1. The number of benzene rings is 2. The molecule has 2 N–H and O–H groups in total. The number of anilines is 1. The van der Waals surface area contributed by atoms with E-state index in [9.17, 15) is 18.8 Å². The third-order valence-corrected chi connectivity index (χ3v) is 3.70. The fourth-order valence-electron chi connectivity index (χ4n) is 2.33. The number of hydrogen-bond acceptors (Lipinski definition) is 4. The van der Waals surface area contributed by atoms with E-state index in [-0.39, 0.29) is 17.3 Å². The molecule has 0 radical (unpaired) electrons. The Morgan fingerprint density at radius 3 is 2.48 bits per heavy atom. The number of halogens is 1. The molecule has 2 amide bonds. The summed E-state index contributed by atoms with van der Waals surface area (Å²) < 4.78 is 18.0. The van der Waals surface area contributed by atoms with Crippen molar-refractivity contribution < 1.29 is 23.5 Å². The molecular formula is C20H21FN2O4. The molecule has 142 valence electrons. The number of ether oxygens (including phenoxy) is 1. The molecule has 2 aromatic rings. The molecule has 0 aromatic heterocycles. The molecule has 1 atom stereocenters. The highest BCUT2D eigenvalue weighted by Crippen LogP contribution is 2.12. The maximum Gasteiger partial charge on any atom is 0.338 e. The van der Waals surface area contributed by atoms with Gasteiger partial charge in [0.25, 0.3) is 5.91 Å². The van der Waals surface area contributed by atoms with E-state index < -0.39 is 18.0 Å². The van der Waals surface area contributed by atoms with Crippen LogP contribution in [0.5, 0.6) is 0 Å². The fourth-order valence-corrected chi connectivity index (χ4v) is 2.33. The van der Waals surface area contributed by atoms with Crippen LogP contribution >= 0.6 is 0 Å². The monoisotopic (exact) mass is 372 g/mol. The van der Waals surface area contributed by atoms with Gasteiger partial charge in [0.05, 0.1) is 5.56 Å². The van der Waals surface area contributed by atoms with Crippen molar-refractivity contribution in [3.63, 3.8) is 0 Å². The van der Waals surface area contributed by atoms with Crippen LogP contribution in [-0.4, -0.2) is 30.4 Å². The van der Waals surface area contributed by atoms with Crippen LogP contribution in [0, 0.1) is 5.82 Å². The van der Waals surface area contributed by atoms with Crippen LogP contribution in [0.3, 0.4) is 0 Å². The predicted molar refractivity (Wildman–Crippen MR) is 98.7 cm³/mol. The maximum atomic E-state index is 12.9. The molecule has 0 aliphatic rings. The van der Waals surface area contributed by atoms with Crippen molar-refractivity contribution in [2.45, 2.75) is 26.4 Å². The van der Waals surface area contributed by atoms with Crippen LogP contribution < -0.4 is 10.6 Å². The summed E-state index contributed by atoms with van der Waals surface area (Å²) in [5.41, 5.74) is 1.58. The Bertz CT molecular complexity index is 821. The van der Waals surface area contributed by atoms with E-state index in [1.54, 1.807) is 24.3 Å². The van der Waals surface area contributed by atoms with Crippen LogP contribution in [0.1, 0.15) is 29.8 Å². The van der Waals surface area contributed by atoms with Crippen molar-refractivity contribution in [2.75, 3.05) is 11.9 Å². The Kier molecular flexibility index (Phi) is 7.05. The van der Waals surface area contributed by atoms with Crippen LogP contribution in [0.15, 0.2) is 48.5 Å². The minimum absolute atomic E-state index is 0.229. The molecule has 0 unspecified atom stereocenters. The normalized spacial score (nSPS) is 11.4.